The second-order valence-corrected chi connectivity index (χ2v) is 6.78. The number of H-pyrrole nitrogens is 1. The summed E-state index contributed by atoms with van der Waals surface area (Å²) in [5.74, 6) is -1.15. The van der Waals surface area contributed by atoms with Crippen molar-refractivity contribution >= 4 is 27.9 Å². The van der Waals surface area contributed by atoms with Crippen molar-refractivity contribution in [3.63, 3.8) is 0 Å². The topological polar surface area (TPSA) is 81.3 Å². The van der Waals surface area contributed by atoms with E-state index in [1.165, 1.54) is 0 Å². The maximum atomic E-state index is 12.5. The normalized spacial score (nSPS) is 10.5. The number of carbonyl (C=O) groups is 2. The molecule has 7 heteroatoms. The molecule has 0 spiro atoms. The van der Waals surface area contributed by atoms with Gasteiger partial charge in [-0.05, 0) is 17.5 Å². The van der Waals surface area contributed by atoms with Crippen LogP contribution in [0.25, 0.3) is 0 Å². The average molecular weight is 443 g/mol. The number of ether oxygens (including phenoxy) is 2. The lowest BCUT2D eigenvalue weighted by Gasteiger charge is -2.07. The minimum atomic E-state index is -0.585. The fourth-order valence-corrected chi connectivity index (χ4v) is 3.02. The van der Waals surface area contributed by atoms with Gasteiger partial charge in [0.15, 0.2) is 5.69 Å². The Morgan fingerprint density at radius 2 is 1.39 bits per heavy atom. The number of esters is 2. The maximum Gasteiger partial charge on any atom is 0.359 e. The molecule has 0 aliphatic rings. The lowest BCUT2D eigenvalue weighted by atomic mass is 10.1. The molecule has 0 unspecified atom stereocenters. The highest BCUT2D eigenvalue weighted by Crippen LogP contribution is 2.17. The van der Waals surface area contributed by atoms with Gasteiger partial charge in [0.1, 0.15) is 18.9 Å². The summed E-state index contributed by atoms with van der Waals surface area (Å²) in [7, 11) is 0. The highest BCUT2D eigenvalue weighted by Gasteiger charge is 2.25. The van der Waals surface area contributed by atoms with E-state index in [-0.39, 0.29) is 24.6 Å². The molecule has 3 aromatic rings. The van der Waals surface area contributed by atoms with E-state index in [1.807, 2.05) is 60.7 Å². The van der Waals surface area contributed by atoms with Gasteiger partial charge < -0.3 is 9.47 Å². The van der Waals surface area contributed by atoms with Gasteiger partial charge in [-0.2, -0.15) is 5.10 Å². The van der Waals surface area contributed by atoms with Gasteiger partial charge in [-0.25, -0.2) is 9.59 Å². The van der Waals surface area contributed by atoms with E-state index in [9.17, 15) is 9.59 Å². The minimum absolute atomic E-state index is 0.0991. The molecule has 3 rings (SSSR count). The number of carbonyl (C=O) groups excluding carboxylic acids is 2. The molecule has 0 atom stereocenters. The van der Waals surface area contributed by atoms with Crippen LogP contribution in [0.5, 0.6) is 0 Å². The summed E-state index contributed by atoms with van der Waals surface area (Å²) in [6.07, 6.45) is 0.433. The summed E-state index contributed by atoms with van der Waals surface area (Å²) in [6.45, 7) is 0.272. The monoisotopic (exact) mass is 442 g/mol. The van der Waals surface area contributed by atoms with Crippen molar-refractivity contribution in [1.29, 1.82) is 0 Å². The molecular weight excluding hydrogens is 424 g/mol. The largest absolute Gasteiger partial charge is 0.456 e. The lowest BCUT2D eigenvalue weighted by molar-refractivity contribution is 0.0460. The first kappa shape index (κ1) is 19.8. The number of alkyl halides is 1. The molecule has 2 aromatic carbocycles. The number of aromatic amines is 1. The van der Waals surface area contributed by atoms with Gasteiger partial charge in [-0.1, -0.05) is 76.6 Å². The number of rotatable bonds is 8. The van der Waals surface area contributed by atoms with Gasteiger partial charge in [-0.15, -0.1) is 0 Å². The number of hydrogen-bond donors (Lipinski definition) is 1. The summed E-state index contributed by atoms with van der Waals surface area (Å²) in [6, 6.07) is 18.7. The number of hydrogen-bond acceptors (Lipinski definition) is 5. The third-order valence-corrected chi connectivity index (χ3v) is 4.43. The van der Waals surface area contributed by atoms with Crippen LogP contribution in [0, 0.1) is 0 Å². The van der Waals surface area contributed by atoms with Gasteiger partial charge >= 0.3 is 11.9 Å². The van der Waals surface area contributed by atoms with Crippen molar-refractivity contribution in [2.45, 2.75) is 19.6 Å². The molecule has 1 N–H and O–H groups in total. The molecule has 0 saturated heterocycles. The standard InChI is InChI=1S/C21H19BrN2O4/c22-12-11-17-18(20(25)27-13-15-7-3-1-4-8-15)23-24-19(17)21(26)28-14-16-9-5-2-6-10-16/h1-10H,11-14H2,(H,23,24). The van der Waals surface area contributed by atoms with Crippen LogP contribution < -0.4 is 0 Å². The molecule has 6 nitrogen and oxygen atoms in total. The lowest BCUT2D eigenvalue weighted by Crippen LogP contribution is -2.12. The Morgan fingerprint density at radius 3 is 1.93 bits per heavy atom. The highest BCUT2D eigenvalue weighted by atomic mass is 79.9. The van der Waals surface area contributed by atoms with E-state index >= 15 is 0 Å². The number of nitrogens with zero attached hydrogens (tertiary/aromatic N) is 1. The van der Waals surface area contributed by atoms with Crippen LogP contribution in [0.4, 0.5) is 0 Å². The maximum absolute atomic E-state index is 12.5. The van der Waals surface area contributed by atoms with Gasteiger partial charge in [0.25, 0.3) is 0 Å². The Labute approximate surface area is 171 Å². The zero-order valence-corrected chi connectivity index (χ0v) is 16.6. The molecule has 28 heavy (non-hydrogen) atoms. The fourth-order valence-electron chi connectivity index (χ4n) is 2.63. The third kappa shape index (κ3) is 5.07. The van der Waals surface area contributed by atoms with Crippen LogP contribution in [0.15, 0.2) is 60.7 Å². The molecule has 1 aromatic heterocycles. The first-order valence-electron chi connectivity index (χ1n) is 8.74. The van der Waals surface area contributed by atoms with Crippen molar-refractivity contribution < 1.29 is 19.1 Å². The molecule has 144 valence electrons. The van der Waals surface area contributed by atoms with Gasteiger partial charge in [0, 0.05) is 10.9 Å². The highest BCUT2D eigenvalue weighted by molar-refractivity contribution is 9.09. The van der Waals surface area contributed by atoms with Gasteiger partial charge in [-0.3, -0.25) is 5.10 Å². The molecule has 0 saturated carbocycles. The molecule has 0 amide bonds. The van der Waals surface area contributed by atoms with Crippen LogP contribution in [0.2, 0.25) is 0 Å². The van der Waals surface area contributed by atoms with Crippen molar-refractivity contribution in [1.82, 2.24) is 10.2 Å². The third-order valence-electron chi connectivity index (χ3n) is 4.03. The van der Waals surface area contributed by atoms with E-state index in [2.05, 4.69) is 26.1 Å². The van der Waals surface area contributed by atoms with Crippen LogP contribution in [0.3, 0.4) is 0 Å². The Morgan fingerprint density at radius 1 is 0.857 bits per heavy atom. The van der Waals surface area contributed by atoms with Crippen LogP contribution >= 0.6 is 15.9 Å². The van der Waals surface area contributed by atoms with Crippen molar-refractivity contribution in [2.75, 3.05) is 5.33 Å². The molecular formula is C21H19BrN2O4. The van der Waals surface area contributed by atoms with Gasteiger partial charge in [0.2, 0.25) is 0 Å². The number of aromatic nitrogens is 2. The average Bonchev–Trinajstić information content (AvgIpc) is 3.16. The molecule has 0 aliphatic heterocycles. The molecule has 0 fully saturated rings. The predicted octanol–water partition coefficient (Wildman–Crippen LogP) is 4.06. The predicted molar refractivity (Wildman–Crippen MR) is 107 cm³/mol. The Hall–Kier alpha value is -2.93. The SMILES string of the molecule is O=C(OCc1ccccc1)c1n[nH]c(C(=O)OCc2ccccc2)c1CCBr. The van der Waals surface area contributed by atoms with Crippen molar-refractivity contribution in [2.24, 2.45) is 0 Å². The minimum Gasteiger partial charge on any atom is -0.456 e. The number of benzene rings is 2. The summed E-state index contributed by atoms with van der Waals surface area (Å²) < 4.78 is 10.7. The zero-order valence-electron chi connectivity index (χ0n) is 15.1. The molecule has 0 bridgehead atoms. The van der Waals surface area contributed by atoms with Crippen molar-refractivity contribution in [3.05, 3.63) is 88.7 Å². The van der Waals surface area contributed by atoms with Crippen LogP contribution in [-0.2, 0) is 29.1 Å². The first-order chi connectivity index (χ1) is 13.7. The fraction of sp³-hybridized carbons (Fsp3) is 0.190. The molecule has 0 radical (unpaired) electrons. The van der Waals surface area contributed by atoms with Crippen LogP contribution in [-0.4, -0.2) is 27.5 Å². The van der Waals surface area contributed by atoms with E-state index in [0.717, 1.165) is 11.1 Å². The van der Waals surface area contributed by atoms with Crippen molar-refractivity contribution in [3.8, 4) is 0 Å². The zero-order chi connectivity index (χ0) is 19.8. The van der Waals surface area contributed by atoms with E-state index in [4.69, 9.17) is 9.47 Å². The Bertz CT molecular complexity index is 853. The molecule has 1 heterocycles. The number of nitrogens with one attached hydrogen (secondary N) is 1. The van der Waals surface area contributed by atoms with Gasteiger partial charge in [0.05, 0.1) is 0 Å². The summed E-state index contributed by atoms with van der Waals surface area (Å²) in [5.41, 5.74) is 2.49. The Balaban J connectivity index is 1.69. The van der Waals surface area contributed by atoms with Crippen LogP contribution in [0.1, 0.15) is 37.7 Å². The second kappa shape index (κ2) is 9.85. The van der Waals surface area contributed by atoms with E-state index in [1.54, 1.807) is 0 Å². The van der Waals surface area contributed by atoms with E-state index < -0.39 is 11.9 Å². The quantitative estimate of drug-likeness (QED) is 0.420. The van der Waals surface area contributed by atoms with E-state index in [0.29, 0.717) is 17.3 Å². The summed E-state index contributed by atoms with van der Waals surface area (Å²) in [4.78, 5) is 24.9. The molecule has 0 aliphatic carbocycles. The first-order valence-corrected chi connectivity index (χ1v) is 9.86. The summed E-state index contributed by atoms with van der Waals surface area (Å²) in [5, 5.41) is 7.19. The summed E-state index contributed by atoms with van der Waals surface area (Å²) >= 11 is 3.34. The second-order valence-electron chi connectivity index (χ2n) is 5.99. The smallest absolute Gasteiger partial charge is 0.359 e. The number of halogens is 1. The Kier molecular flexibility index (Phi) is 6.97.